The van der Waals surface area contributed by atoms with E-state index in [2.05, 4.69) is 16.3 Å². The van der Waals surface area contributed by atoms with Gasteiger partial charge in [0.2, 0.25) is 5.13 Å². The van der Waals surface area contributed by atoms with Crippen molar-refractivity contribution in [3.63, 3.8) is 0 Å². The maximum atomic E-state index is 5.52. The van der Waals surface area contributed by atoms with E-state index in [0.717, 1.165) is 17.8 Å². The molecule has 0 amide bonds. The van der Waals surface area contributed by atoms with Gasteiger partial charge in [0.05, 0.1) is 0 Å². The molecule has 0 fully saturated rings. The third kappa shape index (κ3) is 2.54. The summed E-state index contributed by atoms with van der Waals surface area (Å²) in [5.74, 6) is 0. The van der Waals surface area contributed by atoms with E-state index in [1.165, 1.54) is 37.0 Å². The molecule has 0 aliphatic heterocycles. The zero-order valence-corrected chi connectivity index (χ0v) is 9.02. The van der Waals surface area contributed by atoms with E-state index in [0.29, 0.717) is 5.13 Å². The van der Waals surface area contributed by atoms with Crippen molar-refractivity contribution in [1.82, 2.24) is 10.2 Å². The Labute approximate surface area is 88.0 Å². The van der Waals surface area contributed by atoms with Crippen LogP contribution in [0.5, 0.6) is 0 Å². The molecule has 0 atom stereocenters. The molecular weight excluding hydrogens is 194 g/mol. The third-order valence-electron chi connectivity index (χ3n) is 2.53. The summed E-state index contributed by atoms with van der Waals surface area (Å²) >= 11 is 1.50. The maximum Gasteiger partial charge on any atom is 0.203 e. The number of anilines is 1. The molecule has 1 aliphatic rings. The Hall–Kier alpha value is -0.900. The fourth-order valence-corrected chi connectivity index (χ4v) is 2.38. The van der Waals surface area contributed by atoms with Crippen LogP contribution >= 0.6 is 11.3 Å². The lowest BCUT2D eigenvalue weighted by Gasteiger charge is -2.11. The molecule has 0 aromatic carbocycles. The van der Waals surface area contributed by atoms with Crippen LogP contribution in [-0.4, -0.2) is 10.2 Å². The summed E-state index contributed by atoms with van der Waals surface area (Å²) in [7, 11) is 0. The molecule has 76 valence electrons. The van der Waals surface area contributed by atoms with Crippen molar-refractivity contribution < 1.29 is 0 Å². The molecule has 0 unspecified atom stereocenters. The van der Waals surface area contributed by atoms with Gasteiger partial charge < -0.3 is 5.73 Å². The zero-order chi connectivity index (χ0) is 9.80. The predicted octanol–water partition coefficient (Wildman–Crippen LogP) is 2.55. The second-order valence-corrected chi connectivity index (χ2v) is 4.74. The first-order chi connectivity index (χ1) is 6.84. The molecule has 1 heterocycles. The van der Waals surface area contributed by atoms with Gasteiger partial charge in [-0.3, -0.25) is 0 Å². The minimum Gasteiger partial charge on any atom is -0.374 e. The Bertz CT molecular complexity index is 330. The molecule has 1 aliphatic carbocycles. The largest absolute Gasteiger partial charge is 0.374 e. The van der Waals surface area contributed by atoms with Crippen LogP contribution in [-0.2, 0) is 6.42 Å². The van der Waals surface area contributed by atoms with Crippen molar-refractivity contribution >= 4 is 16.5 Å². The molecule has 0 saturated heterocycles. The summed E-state index contributed by atoms with van der Waals surface area (Å²) in [5, 5.41) is 9.47. The number of allylic oxidation sites excluding steroid dienone is 2. The van der Waals surface area contributed by atoms with Gasteiger partial charge in [-0.25, -0.2) is 0 Å². The second kappa shape index (κ2) is 4.55. The number of aromatic nitrogens is 2. The predicted molar refractivity (Wildman–Crippen MR) is 59.2 cm³/mol. The highest BCUT2D eigenvalue weighted by molar-refractivity contribution is 7.15. The van der Waals surface area contributed by atoms with Crippen molar-refractivity contribution in [3.8, 4) is 0 Å². The number of nitrogen functional groups attached to an aromatic ring is 1. The molecule has 2 N–H and O–H groups in total. The van der Waals surface area contributed by atoms with E-state index < -0.39 is 0 Å². The van der Waals surface area contributed by atoms with Crippen LogP contribution < -0.4 is 5.73 Å². The van der Waals surface area contributed by atoms with Crippen molar-refractivity contribution in [2.45, 2.75) is 38.5 Å². The highest BCUT2D eigenvalue weighted by Crippen LogP contribution is 2.22. The van der Waals surface area contributed by atoms with E-state index in [-0.39, 0.29) is 0 Å². The Morgan fingerprint density at radius 3 is 2.86 bits per heavy atom. The number of hydrogen-bond acceptors (Lipinski definition) is 4. The van der Waals surface area contributed by atoms with Crippen LogP contribution in [0.3, 0.4) is 0 Å². The standard InChI is InChI=1S/C10H15N3S/c11-10-13-12-9(14-10)7-6-8-4-2-1-3-5-8/h4H,1-3,5-7H2,(H2,11,13). The van der Waals surface area contributed by atoms with Gasteiger partial charge in [0.1, 0.15) is 5.01 Å². The van der Waals surface area contributed by atoms with Crippen LogP contribution in [0.15, 0.2) is 11.6 Å². The summed E-state index contributed by atoms with van der Waals surface area (Å²) < 4.78 is 0. The molecule has 14 heavy (non-hydrogen) atoms. The van der Waals surface area contributed by atoms with Crippen molar-refractivity contribution in [3.05, 3.63) is 16.7 Å². The summed E-state index contributed by atoms with van der Waals surface area (Å²) in [4.78, 5) is 0. The Morgan fingerprint density at radius 1 is 1.29 bits per heavy atom. The van der Waals surface area contributed by atoms with Crippen LogP contribution in [0.2, 0.25) is 0 Å². The Balaban J connectivity index is 1.84. The first-order valence-corrected chi connectivity index (χ1v) is 5.92. The molecule has 0 saturated carbocycles. The third-order valence-corrected chi connectivity index (χ3v) is 3.34. The molecule has 4 heteroatoms. The highest BCUT2D eigenvalue weighted by Gasteiger charge is 2.06. The second-order valence-electron chi connectivity index (χ2n) is 3.64. The minimum atomic E-state index is 0.581. The monoisotopic (exact) mass is 209 g/mol. The summed E-state index contributed by atoms with van der Waals surface area (Å²) in [6.45, 7) is 0. The first kappa shape index (κ1) is 9.65. The summed E-state index contributed by atoms with van der Waals surface area (Å²) in [6.07, 6.45) is 9.75. The Kier molecular flexibility index (Phi) is 3.14. The quantitative estimate of drug-likeness (QED) is 0.778. The smallest absolute Gasteiger partial charge is 0.203 e. The zero-order valence-electron chi connectivity index (χ0n) is 8.20. The molecule has 1 aromatic heterocycles. The number of rotatable bonds is 3. The van der Waals surface area contributed by atoms with Crippen LogP contribution in [0, 0.1) is 0 Å². The lowest BCUT2D eigenvalue weighted by molar-refractivity contribution is 0.672. The van der Waals surface area contributed by atoms with Crippen LogP contribution in [0.4, 0.5) is 5.13 Å². The molecule has 2 rings (SSSR count). The summed E-state index contributed by atoms with van der Waals surface area (Å²) in [5.41, 5.74) is 7.11. The first-order valence-electron chi connectivity index (χ1n) is 5.10. The van der Waals surface area contributed by atoms with Crippen molar-refractivity contribution in [2.24, 2.45) is 0 Å². The van der Waals surface area contributed by atoms with Gasteiger partial charge in [0.15, 0.2) is 0 Å². The molecule has 0 spiro atoms. The molecule has 0 bridgehead atoms. The molecule has 3 nitrogen and oxygen atoms in total. The van der Waals surface area contributed by atoms with Crippen molar-refractivity contribution in [1.29, 1.82) is 0 Å². The average Bonchev–Trinajstić information content (AvgIpc) is 2.63. The van der Waals surface area contributed by atoms with Gasteiger partial charge in [-0.1, -0.05) is 23.0 Å². The lowest BCUT2D eigenvalue weighted by atomic mass is 9.96. The topological polar surface area (TPSA) is 51.8 Å². The van der Waals surface area contributed by atoms with Gasteiger partial charge in [-0.15, -0.1) is 10.2 Å². The molecule has 0 radical (unpaired) electrons. The minimum absolute atomic E-state index is 0.581. The van der Waals surface area contributed by atoms with Crippen LogP contribution in [0.1, 0.15) is 37.1 Å². The lowest BCUT2D eigenvalue weighted by Crippen LogP contribution is -1.94. The van der Waals surface area contributed by atoms with Gasteiger partial charge >= 0.3 is 0 Å². The average molecular weight is 209 g/mol. The van der Waals surface area contributed by atoms with E-state index in [1.54, 1.807) is 5.57 Å². The van der Waals surface area contributed by atoms with Gasteiger partial charge in [0, 0.05) is 6.42 Å². The van der Waals surface area contributed by atoms with E-state index in [9.17, 15) is 0 Å². The number of aryl methyl sites for hydroxylation is 1. The highest BCUT2D eigenvalue weighted by atomic mass is 32.1. The number of nitrogens with two attached hydrogens (primary N) is 1. The van der Waals surface area contributed by atoms with Crippen LogP contribution in [0.25, 0.3) is 0 Å². The van der Waals surface area contributed by atoms with Gasteiger partial charge in [-0.2, -0.15) is 0 Å². The van der Waals surface area contributed by atoms with Crippen molar-refractivity contribution in [2.75, 3.05) is 5.73 Å². The molecular formula is C10H15N3S. The van der Waals surface area contributed by atoms with Gasteiger partial charge in [-0.05, 0) is 32.1 Å². The summed E-state index contributed by atoms with van der Waals surface area (Å²) in [6, 6.07) is 0. The fourth-order valence-electron chi connectivity index (χ4n) is 1.77. The van der Waals surface area contributed by atoms with E-state index >= 15 is 0 Å². The maximum absolute atomic E-state index is 5.52. The number of hydrogen-bond donors (Lipinski definition) is 1. The number of nitrogens with zero attached hydrogens (tertiary/aromatic N) is 2. The van der Waals surface area contributed by atoms with E-state index in [4.69, 9.17) is 5.73 Å². The van der Waals surface area contributed by atoms with E-state index in [1.807, 2.05) is 0 Å². The fraction of sp³-hybridized carbons (Fsp3) is 0.600. The normalized spacial score (nSPS) is 16.7. The SMILES string of the molecule is Nc1nnc(CCC2=CCCCC2)s1. The molecule has 1 aromatic rings. The Morgan fingerprint density at radius 2 is 2.21 bits per heavy atom. The van der Waals surface area contributed by atoms with Gasteiger partial charge in [0.25, 0.3) is 0 Å².